The molecule has 3 aromatic rings. The van der Waals surface area contributed by atoms with Gasteiger partial charge in [-0.25, -0.2) is 4.79 Å². The van der Waals surface area contributed by atoms with Crippen molar-refractivity contribution in [3.63, 3.8) is 0 Å². The highest BCUT2D eigenvalue weighted by atomic mass is 16.5. The average molecular weight is 557 g/mol. The standard InChI is InChI=1S/C35H44N2O4/c38-35(39)26-13-14-28-30(23-26)37-20-22-41-34-29(33(37)32(28)25-7-2-1-3-8-25)11-6-12-31(34)40-21-17-24-15-18-36(19-16-24)27-9-4-5-10-27/h6,11-14,23-25,27H,1-5,7-10,15-22H2,(H,38,39). The van der Waals surface area contributed by atoms with Gasteiger partial charge in [0.25, 0.3) is 0 Å². The van der Waals surface area contributed by atoms with Crippen molar-refractivity contribution in [3.8, 4) is 22.8 Å². The first-order valence-corrected chi connectivity index (χ1v) is 16.2. The number of aromatic nitrogens is 1. The smallest absolute Gasteiger partial charge is 0.335 e. The topological polar surface area (TPSA) is 63.9 Å². The van der Waals surface area contributed by atoms with Crippen LogP contribution in [0.2, 0.25) is 0 Å². The highest BCUT2D eigenvalue weighted by molar-refractivity contribution is 5.99. The number of carbonyl (C=O) groups is 1. The Morgan fingerprint density at radius 1 is 0.927 bits per heavy atom. The van der Waals surface area contributed by atoms with Gasteiger partial charge in [-0.1, -0.05) is 44.2 Å². The molecule has 0 amide bonds. The predicted octanol–water partition coefficient (Wildman–Crippen LogP) is 7.87. The van der Waals surface area contributed by atoms with Crippen molar-refractivity contribution in [1.29, 1.82) is 0 Å². The van der Waals surface area contributed by atoms with E-state index in [4.69, 9.17) is 9.47 Å². The molecule has 7 rings (SSSR count). The molecule has 0 atom stereocenters. The fraction of sp³-hybridized carbons (Fsp3) is 0.571. The van der Waals surface area contributed by atoms with Gasteiger partial charge >= 0.3 is 5.97 Å². The normalized spacial score (nSPS) is 20.9. The van der Waals surface area contributed by atoms with Gasteiger partial charge in [0, 0.05) is 22.5 Å². The lowest BCUT2D eigenvalue weighted by Crippen LogP contribution is -2.40. The highest BCUT2D eigenvalue weighted by Crippen LogP contribution is 2.49. The summed E-state index contributed by atoms with van der Waals surface area (Å²) in [5, 5.41) is 10.9. The second kappa shape index (κ2) is 11.7. The van der Waals surface area contributed by atoms with Gasteiger partial charge in [-0.05, 0) is 99.7 Å². The third-order valence-electron chi connectivity index (χ3n) is 10.4. The summed E-state index contributed by atoms with van der Waals surface area (Å²) in [6.07, 6.45) is 15.4. The Morgan fingerprint density at radius 3 is 2.49 bits per heavy atom. The number of rotatable bonds is 7. The van der Waals surface area contributed by atoms with Gasteiger partial charge in [0.2, 0.25) is 0 Å². The molecule has 4 aliphatic rings. The number of para-hydroxylation sites is 1. The number of carboxylic acids is 1. The summed E-state index contributed by atoms with van der Waals surface area (Å²) in [6.45, 7) is 4.43. The number of likely N-dealkylation sites (tertiary alicyclic amines) is 1. The van der Waals surface area contributed by atoms with Crippen molar-refractivity contribution in [1.82, 2.24) is 9.47 Å². The molecule has 1 aromatic heterocycles. The van der Waals surface area contributed by atoms with Crippen LogP contribution in [0.4, 0.5) is 0 Å². The lowest BCUT2D eigenvalue weighted by molar-refractivity contribution is 0.0697. The van der Waals surface area contributed by atoms with Crippen molar-refractivity contribution >= 4 is 16.9 Å². The summed E-state index contributed by atoms with van der Waals surface area (Å²) >= 11 is 0. The minimum atomic E-state index is -0.883. The maximum atomic E-state index is 11.9. The lowest BCUT2D eigenvalue weighted by atomic mass is 9.81. The number of nitrogens with zero attached hydrogens (tertiary/aromatic N) is 2. The lowest BCUT2D eigenvalue weighted by Gasteiger charge is -2.36. The van der Waals surface area contributed by atoms with Crippen LogP contribution in [-0.4, -0.2) is 52.9 Å². The van der Waals surface area contributed by atoms with Gasteiger partial charge < -0.3 is 24.0 Å². The minimum absolute atomic E-state index is 0.338. The van der Waals surface area contributed by atoms with Gasteiger partial charge in [0.05, 0.1) is 24.4 Å². The fourth-order valence-electron chi connectivity index (χ4n) is 8.25. The van der Waals surface area contributed by atoms with E-state index in [1.807, 2.05) is 12.1 Å². The molecule has 6 heteroatoms. The van der Waals surface area contributed by atoms with Crippen LogP contribution in [0.25, 0.3) is 22.2 Å². The van der Waals surface area contributed by atoms with E-state index >= 15 is 0 Å². The molecular weight excluding hydrogens is 512 g/mol. The van der Waals surface area contributed by atoms with E-state index in [1.54, 1.807) is 6.07 Å². The molecular formula is C35H44N2O4. The number of hydrogen-bond donors (Lipinski definition) is 1. The van der Waals surface area contributed by atoms with Gasteiger partial charge in [-0.15, -0.1) is 0 Å². The van der Waals surface area contributed by atoms with E-state index in [1.165, 1.54) is 100 Å². The van der Waals surface area contributed by atoms with Crippen LogP contribution < -0.4 is 9.47 Å². The summed E-state index contributed by atoms with van der Waals surface area (Å²) in [4.78, 5) is 14.6. The minimum Gasteiger partial charge on any atom is -0.490 e. The Morgan fingerprint density at radius 2 is 1.71 bits per heavy atom. The second-order valence-electron chi connectivity index (χ2n) is 12.8. The van der Waals surface area contributed by atoms with Crippen LogP contribution in [0.5, 0.6) is 11.5 Å². The van der Waals surface area contributed by atoms with Crippen molar-refractivity contribution in [2.75, 3.05) is 26.3 Å². The number of aromatic carboxylic acids is 1. The summed E-state index contributed by atoms with van der Waals surface area (Å²) in [5.74, 6) is 2.02. The quantitative estimate of drug-likeness (QED) is 0.321. The first kappa shape index (κ1) is 26.9. The molecule has 0 unspecified atom stereocenters. The summed E-state index contributed by atoms with van der Waals surface area (Å²) in [5.41, 5.74) is 5.00. The number of fused-ring (bicyclic) bond motifs is 5. The van der Waals surface area contributed by atoms with Crippen molar-refractivity contribution in [2.45, 2.75) is 95.6 Å². The third-order valence-corrected chi connectivity index (χ3v) is 10.4. The number of carboxylic acid groups (broad SMARTS) is 1. The van der Waals surface area contributed by atoms with Gasteiger partial charge in [0.1, 0.15) is 6.61 Å². The second-order valence-corrected chi connectivity index (χ2v) is 12.8. The molecule has 1 N–H and O–H groups in total. The van der Waals surface area contributed by atoms with Gasteiger partial charge in [0.15, 0.2) is 11.5 Å². The Balaban J connectivity index is 1.15. The van der Waals surface area contributed by atoms with Crippen molar-refractivity contribution in [3.05, 3.63) is 47.5 Å². The first-order chi connectivity index (χ1) is 20.2. The molecule has 6 nitrogen and oxygen atoms in total. The predicted molar refractivity (Wildman–Crippen MR) is 162 cm³/mol. The Kier molecular flexibility index (Phi) is 7.68. The Bertz CT molecular complexity index is 1390. The number of piperidine rings is 1. The molecule has 0 spiro atoms. The molecule has 0 bridgehead atoms. The zero-order valence-electron chi connectivity index (χ0n) is 24.3. The average Bonchev–Trinajstić information content (AvgIpc) is 3.60. The van der Waals surface area contributed by atoms with Crippen LogP contribution in [0.15, 0.2) is 36.4 Å². The number of hydrogen-bond acceptors (Lipinski definition) is 4. The number of ether oxygens (including phenoxy) is 2. The van der Waals surface area contributed by atoms with Crippen LogP contribution in [-0.2, 0) is 6.54 Å². The molecule has 2 saturated carbocycles. The Labute approximate surface area is 243 Å². The largest absolute Gasteiger partial charge is 0.490 e. The zero-order chi connectivity index (χ0) is 27.8. The third kappa shape index (κ3) is 5.24. The summed E-state index contributed by atoms with van der Waals surface area (Å²) < 4.78 is 15.2. The SMILES string of the molecule is O=C(O)c1ccc2c(C3CCCCC3)c3n(c2c1)CCOc1c(OCCC2CCN(C4CCCC4)CC2)cccc1-3. The molecule has 2 aliphatic carbocycles. The van der Waals surface area contributed by atoms with Crippen molar-refractivity contribution in [2.24, 2.45) is 5.92 Å². The van der Waals surface area contributed by atoms with Crippen molar-refractivity contribution < 1.29 is 19.4 Å². The molecule has 0 radical (unpaired) electrons. The molecule has 1 saturated heterocycles. The molecule has 218 valence electrons. The van der Waals surface area contributed by atoms with Crippen LogP contribution in [0.1, 0.15) is 98.9 Å². The Hall–Kier alpha value is -2.99. The van der Waals surface area contributed by atoms with Gasteiger partial charge in [-0.3, -0.25) is 0 Å². The molecule has 2 aromatic carbocycles. The molecule has 3 heterocycles. The molecule has 41 heavy (non-hydrogen) atoms. The summed E-state index contributed by atoms with van der Waals surface area (Å²) in [7, 11) is 0. The fourth-order valence-corrected chi connectivity index (χ4v) is 8.25. The van der Waals surface area contributed by atoms with Crippen LogP contribution in [0.3, 0.4) is 0 Å². The van der Waals surface area contributed by atoms with E-state index in [2.05, 4.69) is 27.7 Å². The maximum absolute atomic E-state index is 11.9. The van der Waals surface area contributed by atoms with E-state index in [0.717, 1.165) is 41.0 Å². The van der Waals surface area contributed by atoms with Crippen LogP contribution in [0, 0.1) is 5.92 Å². The van der Waals surface area contributed by atoms with E-state index in [-0.39, 0.29) is 0 Å². The first-order valence-electron chi connectivity index (χ1n) is 16.2. The summed E-state index contributed by atoms with van der Waals surface area (Å²) in [6, 6.07) is 12.8. The van der Waals surface area contributed by atoms with E-state index < -0.39 is 5.97 Å². The highest BCUT2D eigenvalue weighted by Gasteiger charge is 2.31. The van der Waals surface area contributed by atoms with Gasteiger partial charge in [-0.2, -0.15) is 0 Å². The van der Waals surface area contributed by atoms with E-state index in [9.17, 15) is 9.90 Å². The maximum Gasteiger partial charge on any atom is 0.335 e. The molecule has 2 aliphatic heterocycles. The zero-order valence-corrected chi connectivity index (χ0v) is 24.3. The molecule has 3 fully saturated rings. The number of benzene rings is 2. The van der Waals surface area contributed by atoms with E-state index in [0.29, 0.717) is 31.2 Å². The van der Waals surface area contributed by atoms with Crippen LogP contribution >= 0.6 is 0 Å². The monoisotopic (exact) mass is 556 g/mol.